The molecule has 0 heterocycles. The lowest BCUT2D eigenvalue weighted by Crippen LogP contribution is -2.31. The van der Waals surface area contributed by atoms with Gasteiger partial charge in [0, 0.05) is 19.4 Å². The largest absolute Gasteiger partial charge is 0.389 e. The first-order valence-corrected chi connectivity index (χ1v) is 9.01. The van der Waals surface area contributed by atoms with Crippen molar-refractivity contribution in [3.05, 3.63) is 0 Å². The van der Waals surface area contributed by atoms with E-state index in [9.17, 15) is 13.5 Å². The van der Waals surface area contributed by atoms with E-state index in [2.05, 4.69) is 19.2 Å². The molecule has 0 aliphatic carbocycles. The molecule has 0 aliphatic rings. The van der Waals surface area contributed by atoms with E-state index in [0.29, 0.717) is 38.6 Å². The Kier molecular flexibility index (Phi) is 10.5. The van der Waals surface area contributed by atoms with Crippen LogP contribution in [0.4, 0.5) is 0 Å². The zero-order valence-electron chi connectivity index (χ0n) is 12.4. The lowest BCUT2D eigenvalue weighted by molar-refractivity contribution is 0.0349. The molecule has 0 fully saturated rings. The van der Waals surface area contributed by atoms with E-state index in [1.807, 2.05) is 0 Å². The molecule has 1 atom stereocenters. The van der Waals surface area contributed by atoms with Gasteiger partial charge in [-0.3, -0.25) is 0 Å². The van der Waals surface area contributed by atoms with E-state index in [1.165, 1.54) is 6.26 Å². The van der Waals surface area contributed by atoms with E-state index < -0.39 is 15.9 Å². The van der Waals surface area contributed by atoms with Crippen molar-refractivity contribution >= 4 is 9.84 Å². The minimum Gasteiger partial charge on any atom is -0.389 e. The number of hydrogen-bond donors (Lipinski definition) is 2. The Morgan fingerprint density at radius 2 is 1.95 bits per heavy atom. The third-order valence-corrected chi connectivity index (χ3v) is 3.66. The molecule has 116 valence electrons. The van der Waals surface area contributed by atoms with E-state index in [0.717, 1.165) is 12.8 Å². The van der Waals surface area contributed by atoms with Crippen LogP contribution in [-0.4, -0.2) is 57.9 Å². The van der Waals surface area contributed by atoms with Gasteiger partial charge in [0.05, 0.1) is 18.5 Å². The predicted molar refractivity (Wildman–Crippen MR) is 78.1 cm³/mol. The Morgan fingerprint density at radius 3 is 2.53 bits per heavy atom. The van der Waals surface area contributed by atoms with Crippen LogP contribution < -0.4 is 5.32 Å². The van der Waals surface area contributed by atoms with Crippen LogP contribution in [0.15, 0.2) is 0 Å². The van der Waals surface area contributed by atoms with Crippen molar-refractivity contribution in [2.24, 2.45) is 5.92 Å². The van der Waals surface area contributed by atoms with Gasteiger partial charge in [0.15, 0.2) is 0 Å². The van der Waals surface area contributed by atoms with Crippen molar-refractivity contribution in [2.45, 2.75) is 39.2 Å². The normalized spacial score (nSPS) is 13.9. The first-order valence-electron chi connectivity index (χ1n) is 6.95. The molecule has 1 unspecified atom stereocenters. The van der Waals surface area contributed by atoms with Gasteiger partial charge >= 0.3 is 0 Å². The second-order valence-electron chi connectivity index (χ2n) is 5.45. The summed E-state index contributed by atoms with van der Waals surface area (Å²) in [6, 6.07) is 0. The van der Waals surface area contributed by atoms with Crippen LogP contribution in [0.3, 0.4) is 0 Å². The van der Waals surface area contributed by atoms with Gasteiger partial charge in [0.25, 0.3) is 0 Å². The summed E-state index contributed by atoms with van der Waals surface area (Å²) in [6.45, 7) is 6.40. The lowest BCUT2D eigenvalue weighted by atomic mass is 10.1. The van der Waals surface area contributed by atoms with Gasteiger partial charge in [0.2, 0.25) is 0 Å². The SMILES string of the molecule is CC(C)CCCOCC(O)CNCCCS(C)(=O)=O. The minimum atomic E-state index is -2.88. The van der Waals surface area contributed by atoms with Crippen LogP contribution in [0, 0.1) is 5.92 Å². The van der Waals surface area contributed by atoms with Crippen molar-refractivity contribution in [3.63, 3.8) is 0 Å². The molecule has 0 aromatic carbocycles. The van der Waals surface area contributed by atoms with Crippen LogP contribution >= 0.6 is 0 Å². The molecule has 0 bridgehead atoms. The molecule has 2 N–H and O–H groups in total. The Morgan fingerprint density at radius 1 is 1.26 bits per heavy atom. The summed E-state index contributed by atoms with van der Waals surface area (Å²) in [4.78, 5) is 0. The number of aliphatic hydroxyl groups is 1. The second kappa shape index (κ2) is 10.6. The van der Waals surface area contributed by atoms with Crippen LogP contribution in [-0.2, 0) is 14.6 Å². The van der Waals surface area contributed by atoms with E-state index >= 15 is 0 Å². The van der Waals surface area contributed by atoms with Gasteiger partial charge in [-0.15, -0.1) is 0 Å². The molecule has 0 spiro atoms. The van der Waals surface area contributed by atoms with Crippen molar-refractivity contribution in [3.8, 4) is 0 Å². The monoisotopic (exact) mass is 295 g/mol. The van der Waals surface area contributed by atoms with Crippen molar-refractivity contribution in [2.75, 3.05) is 38.3 Å². The first kappa shape index (κ1) is 18.8. The van der Waals surface area contributed by atoms with Gasteiger partial charge in [-0.25, -0.2) is 8.42 Å². The molecule has 0 rings (SSSR count). The van der Waals surface area contributed by atoms with Crippen molar-refractivity contribution in [1.29, 1.82) is 0 Å². The van der Waals surface area contributed by atoms with Gasteiger partial charge in [-0.05, 0) is 31.7 Å². The number of ether oxygens (including phenoxy) is 1. The molecule has 0 saturated heterocycles. The van der Waals surface area contributed by atoms with E-state index in [-0.39, 0.29) is 5.75 Å². The summed E-state index contributed by atoms with van der Waals surface area (Å²) in [7, 11) is -2.88. The Bertz CT molecular complexity index is 304. The molecule has 5 nitrogen and oxygen atoms in total. The molecule has 0 saturated carbocycles. The maximum absolute atomic E-state index is 10.9. The molecule has 0 radical (unpaired) electrons. The van der Waals surface area contributed by atoms with Gasteiger partial charge in [-0.1, -0.05) is 13.8 Å². The molecule has 0 amide bonds. The maximum Gasteiger partial charge on any atom is 0.147 e. The average Bonchev–Trinajstić information content (AvgIpc) is 2.26. The van der Waals surface area contributed by atoms with Gasteiger partial charge in [0.1, 0.15) is 9.84 Å². The van der Waals surface area contributed by atoms with Crippen LogP contribution in [0.1, 0.15) is 33.1 Å². The number of rotatable bonds is 12. The first-order chi connectivity index (χ1) is 8.81. The van der Waals surface area contributed by atoms with E-state index in [4.69, 9.17) is 4.74 Å². The smallest absolute Gasteiger partial charge is 0.147 e. The summed E-state index contributed by atoms with van der Waals surface area (Å²) in [5.74, 6) is 0.868. The summed E-state index contributed by atoms with van der Waals surface area (Å²) in [6.07, 6.45) is 3.43. The summed E-state index contributed by atoms with van der Waals surface area (Å²) < 4.78 is 27.1. The zero-order valence-corrected chi connectivity index (χ0v) is 13.2. The van der Waals surface area contributed by atoms with Crippen molar-refractivity contribution < 1.29 is 18.3 Å². The fraction of sp³-hybridized carbons (Fsp3) is 1.00. The molecule has 0 aromatic heterocycles. The van der Waals surface area contributed by atoms with Gasteiger partial charge < -0.3 is 15.2 Å². The highest BCUT2D eigenvalue weighted by Crippen LogP contribution is 2.03. The van der Waals surface area contributed by atoms with Crippen LogP contribution in [0.25, 0.3) is 0 Å². The fourth-order valence-corrected chi connectivity index (χ4v) is 2.27. The number of nitrogens with one attached hydrogen (secondary N) is 1. The summed E-state index contributed by atoms with van der Waals surface area (Å²) in [5, 5.41) is 12.6. The van der Waals surface area contributed by atoms with Gasteiger partial charge in [-0.2, -0.15) is 0 Å². The maximum atomic E-state index is 10.9. The standard InChI is InChI=1S/C13H29NO4S/c1-12(2)6-4-8-18-11-13(15)10-14-7-5-9-19(3,16)17/h12-15H,4-11H2,1-3H3. The number of hydrogen-bond acceptors (Lipinski definition) is 5. The van der Waals surface area contributed by atoms with Crippen molar-refractivity contribution in [1.82, 2.24) is 5.32 Å². The fourth-order valence-electron chi connectivity index (χ4n) is 1.60. The highest BCUT2D eigenvalue weighted by atomic mass is 32.2. The Labute approximate surface area is 117 Å². The third kappa shape index (κ3) is 15.8. The Balaban J connectivity index is 3.32. The highest BCUT2D eigenvalue weighted by molar-refractivity contribution is 7.90. The third-order valence-electron chi connectivity index (χ3n) is 2.63. The lowest BCUT2D eigenvalue weighted by Gasteiger charge is -2.12. The van der Waals surface area contributed by atoms with E-state index in [1.54, 1.807) is 0 Å². The quantitative estimate of drug-likeness (QED) is 0.522. The average molecular weight is 295 g/mol. The summed E-state index contributed by atoms with van der Waals surface area (Å²) in [5.41, 5.74) is 0. The highest BCUT2D eigenvalue weighted by Gasteiger charge is 2.05. The topological polar surface area (TPSA) is 75.6 Å². The Hall–Kier alpha value is -0.170. The molecule has 6 heteroatoms. The summed E-state index contributed by atoms with van der Waals surface area (Å²) >= 11 is 0. The zero-order chi connectivity index (χ0) is 14.7. The molecule has 0 aromatic rings. The molecule has 19 heavy (non-hydrogen) atoms. The molecule has 0 aliphatic heterocycles. The second-order valence-corrected chi connectivity index (χ2v) is 7.71. The van der Waals surface area contributed by atoms with Crippen LogP contribution in [0.5, 0.6) is 0 Å². The number of sulfone groups is 1. The predicted octanol–water partition coefficient (Wildman–Crippen LogP) is 0.824. The molecular weight excluding hydrogens is 266 g/mol. The van der Waals surface area contributed by atoms with Crippen LogP contribution in [0.2, 0.25) is 0 Å². The minimum absolute atomic E-state index is 0.182. The molecular formula is C13H29NO4S. The number of aliphatic hydroxyl groups excluding tert-OH is 1.